The smallest absolute Gasteiger partial charge is 0.242 e. The number of carbonyl (C=O) groups excluding carboxylic acids is 2. The molecule has 0 saturated carbocycles. The molecule has 5 heteroatoms. The summed E-state index contributed by atoms with van der Waals surface area (Å²) in [6.07, 6.45) is 1.22. The summed E-state index contributed by atoms with van der Waals surface area (Å²) in [5.41, 5.74) is 0.914. The second-order valence-corrected chi connectivity index (χ2v) is 5.94. The number of hydrogen-bond acceptors (Lipinski definition) is 2. The lowest BCUT2D eigenvalue weighted by atomic mass is 10.1. The lowest BCUT2D eigenvalue weighted by molar-refractivity contribution is -0.140. The second-order valence-electron chi connectivity index (χ2n) is 5.50. The fourth-order valence-electron chi connectivity index (χ4n) is 2.08. The maximum Gasteiger partial charge on any atom is 0.242 e. The molecular weight excluding hydrogens is 300 g/mol. The van der Waals surface area contributed by atoms with E-state index in [4.69, 9.17) is 11.6 Å². The van der Waals surface area contributed by atoms with Crippen LogP contribution in [0.1, 0.15) is 46.1 Å². The normalized spacial score (nSPS) is 13.3. The van der Waals surface area contributed by atoms with Gasteiger partial charge >= 0.3 is 0 Å². The molecule has 1 N–H and O–H groups in total. The Morgan fingerprint density at radius 3 is 2.50 bits per heavy atom. The minimum atomic E-state index is -0.513. The number of carbonyl (C=O) groups is 2. The lowest BCUT2D eigenvalue weighted by Gasteiger charge is -2.29. The van der Waals surface area contributed by atoms with E-state index in [0.717, 1.165) is 12.0 Å². The van der Waals surface area contributed by atoms with Crippen LogP contribution in [0.25, 0.3) is 0 Å². The third kappa shape index (κ3) is 5.34. The first-order valence-electron chi connectivity index (χ1n) is 7.73. The van der Waals surface area contributed by atoms with Crippen LogP contribution in [0.4, 0.5) is 0 Å². The monoisotopic (exact) mass is 324 g/mol. The average molecular weight is 325 g/mol. The summed E-state index contributed by atoms with van der Waals surface area (Å²) in [6, 6.07) is 6.93. The van der Waals surface area contributed by atoms with Crippen LogP contribution in [0.2, 0.25) is 5.02 Å². The molecule has 1 aromatic rings. The SMILES string of the molecule is CCC(=O)N(Cc1cccc(Cl)c1)[C@H](C)C(=O)N[C@@H](C)CC. The molecule has 1 aromatic carbocycles. The van der Waals surface area contributed by atoms with Gasteiger partial charge in [-0.05, 0) is 38.0 Å². The maximum absolute atomic E-state index is 12.3. The van der Waals surface area contributed by atoms with Crippen LogP contribution >= 0.6 is 11.6 Å². The van der Waals surface area contributed by atoms with Crippen LogP contribution < -0.4 is 5.32 Å². The van der Waals surface area contributed by atoms with Gasteiger partial charge in [0.05, 0.1) is 0 Å². The molecule has 0 bridgehead atoms. The highest BCUT2D eigenvalue weighted by Gasteiger charge is 2.25. The van der Waals surface area contributed by atoms with E-state index in [1.165, 1.54) is 0 Å². The van der Waals surface area contributed by atoms with Crippen molar-refractivity contribution in [3.8, 4) is 0 Å². The number of nitrogens with zero attached hydrogens (tertiary/aromatic N) is 1. The summed E-state index contributed by atoms with van der Waals surface area (Å²) in [7, 11) is 0. The molecule has 22 heavy (non-hydrogen) atoms. The Morgan fingerprint density at radius 2 is 1.95 bits per heavy atom. The van der Waals surface area contributed by atoms with Gasteiger partial charge in [-0.3, -0.25) is 9.59 Å². The van der Waals surface area contributed by atoms with Crippen molar-refractivity contribution in [1.82, 2.24) is 10.2 Å². The Labute approximate surface area is 137 Å². The quantitative estimate of drug-likeness (QED) is 0.836. The van der Waals surface area contributed by atoms with Crippen molar-refractivity contribution in [1.29, 1.82) is 0 Å². The molecular formula is C17H25ClN2O2. The minimum absolute atomic E-state index is 0.0493. The number of nitrogens with one attached hydrogen (secondary N) is 1. The van der Waals surface area contributed by atoms with E-state index < -0.39 is 6.04 Å². The lowest BCUT2D eigenvalue weighted by Crippen LogP contribution is -2.49. The van der Waals surface area contributed by atoms with Gasteiger partial charge in [-0.25, -0.2) is 0 Å². The van der Waals surface area contributed by atoms with Crippen LogP contribution in [0.15, 0.2) is 24.3 Å². The maximum atomic E-state index is 12.3. The number of halogens is 1. The second kappa shape index (κ2) is 8.79. The van der Waals surface area contributed by atoms with Crippen LogP contribution in [-0.4, -0.2) is 28.8 Å². The molecule has 1 rings (SSSR count). The van der Waals surface area contributed by atoms with E-state index in [2.05, 4.69) is 5.32 Å². The van der Waals surface area contributed by atoms with E-state index in [9.17, 15) is 9.59 Å². The van der Waals surface area contributed by atoms with Crippen LogP contribution in [0.3, 0.4) is 0 Å². The zero-order valence-corrected chi connectivity index (χ0v) is 14.5. The molecule has 122 valence electrons. The Balaban J connectivity index is 2.88. The van der Waals surface area contributed by atoms with Crippen LogP contribution in [0, 0.1) is 0 Å². The fraction of sp³-hybridized carbons (Fsp3) is 0.529. The average Bonchev–Trinajstić information content (AvgIpc) is 2.51. The van der Waals surface area contributed by atoms with Gasteiger partial charge < -0.3 is 10.2 Å². The Hall–Kier alpha value is -1.55. The standard InChI is InChI=1S/C17H25ClN2O2/c1-5-12(3)19-17(22)13(4)20(16(21)6-2)11-14-8-7-9-15(18)10-14/h7-10,12-13H,5-6,11H2,1-4H3,(H,19,22)/t12-,13+/m0/s1. The molecule has 2 amide bonds. The first kappa shape index (κ1) is 18.5. The van der Waals surface area contributed by atoms with Crippen molar-refractivity contribution in [2.24, 2.45) is 0 Å². The molecule has 0 radical (unpaired) electrons. The topological polar surface area (TPSA) is 49.4 Å². The third-order valence-corrected chi connectivity index (χ3v) is 3.95. The molecule has 2 atom stereocenters. The van der Waals surface area contributed by atoms with E-state index in [1.54, 1.807) is 24.8 Å². The molecule has 0 aliphatic rings. The van der Waals surface area contributed by atoms with Crippen molar-refractivity contribution in [3.05, 3.63) is 34.9 Å². The molecule has 0 spiro atoms. The zero-order valence-electron chi connectivity index (χ0n) is 13.7. The molecule has 0 aliphatic heterocycles. The zero-order chi connectivity index (χ0) is 16.7. The summed E-state index contributed by atoms with van der Waals surface area (Å²) in [4.78, 5) is 26.1. The number of rotatable bonds is 7. The van der Waals surface area contributed by atoms with Gasteiger partial charge in [-0.1, -0.05) is 37.6 Å². The van der Waals surface area contributed by atoms with Gasteiger partial charge in [-0.15, -0.1) is 0 Å². The Morgan fingerprint density at radius 1 is 1.27 bits per heavy atom. The number of amides is 2. The number of hydrogen-bond donors (Lipinski definition) is 1. The van der Waals surface area contributed by atoms with Gasteiger partial charge in [0, 0.05) is 24.0 Å². The first-order valence-corrected chi connectivity index (χ1v) is 8.11. The van der Waals surface area contributed by atoms with Gasteiger partial charge in [0.2, 0.25) is 11.8 Å². The molecule has 0 aliphatic carbocycles. The third-order valence-electron chi connectivity index (χ3n) is 3.71. The molecule has 0 heterocycles. The van der Waals surface area contributed by atoms with E-state index in [1.807, 2.05) is 32.0 Å². The van der Waals surface area contributed by atoms with Crippen molar-refractivity contribution in [2.45, 2.75) is 59.2 Å². The fourth-order valence-corrected chi connectivity index (χ4v) is 2.30. The Bertz CT molecular complexity index is 519. The minimum Gasteiger partial charge on any atom is -0.352 e. The van der Waals surface area contributed by atoms with E-state index in [0.29, 0.717) is 18.0 Å². The highest BCUT2D eigenvalue weighted by Crippen LogP contribution is 2.15. The molecule has 0 saturated heterocycles. The first-order chi connectivity index (χ1) is 10.4. The molecule has 4 nitrogen and oxygen atoms in total. The van der Waals surface area contributed by atoms with Crippen LogP contribution in [0.5, 0.6) is 0 Å². The van der Waals surface area contributed by atoms with Crippen molar-refractivity contribution in [2.75, 3.05) is 0 Å². The highest BCUT2D eigenvalue weighted by atomic mass is 35.5. The van der Waals surface area contributed by atoms with Crippen molar-refractivity contribution in [3.63, 3.8) is 0 Å². The molecule has 0 unspecified atom stereocenters. The van der Waals surface area contributed by atoms with E-state index in [-0.39, 0.29) is 17.9 Å². The molecule has 0 aromatic heterocycles. The summed E-state index contributed by atoms with van der Waals surface area (Å²) >= 11 is 5.99. The predicted molar refractivity (Wildman–Crippen MR) is 89.7 cm³/mol. The van der Waals surface area contributed by atoms with Gasteiger partial charge in [-0.2, -0.15) is 0 Å². The van der Waals surface area contributed by atoms with Crippen molar-refractivity contribution < 1.29 is 9.59 Å². The summed E-state index contributed by atoms with van der Waals surface area (Å²) in [5.74, 6) is -0.176. The summed E-state index contributed by atoms with van der Waals surface area (Å²) in [6.45, 7) is 7.90. The van der Waals surface area contributed by atoms with Gasteiger partial charge in [0.1, 0.15) is 6.04 Å². The predicted octanol–water partition coefficient (Wildman–Crippen LogP) is 3.38. The summed E-state index contributed by atoms with van der Waals surface area (Å²) in [5, 5.41) is 3.55. The van der Waals surface area contributed by atoms with Crippen molar-refractivity contribution >= 4 is 23.4 Å². The van der Waals surface area contributed by atoms with Gasteiger partial charge in [0.25, 0.3) is 0 Å². The molecule has 0 fully saturated rings. The van der Waals surface area contributed by atoms with Gasteiger partial charge in [0.15, 0.2) is 0 Å². The number of benzene rings is 1. The Kier molecular flexibility index (Phi) is 7.39. The van der Waals surface area contributed by atoms with Crippen LogP contribution in [-0.2, 0) is 16.1 Å². The highest BCUT2D eigenvalue weighted by molar-refractivity contribution is 6.30. The summed E-state index contributed by atoms with van der Waals surface area (Å²) < 4.78 is 0. The van der Waals surface area contributed by atoms with E-state index >= 15 is 0 Å². The largest absolute Gasteiger partial charge is 0.352 e.